The molecule has 2 aromatic carbocycles. The second-order valence-corrected chi connectivity index (χ2v) is 4.80. The molecule has 0 fully saturated rings. The Bertz CT molecular complexity index is 592. The summed E-state index contributed by atoms with van der Waals surface area (Å²) in [4.78, 5) is 12.0. The van der Waals surface area contributed by atoms with Crippen LogP contribution in [-0.2, 0) is 6.42 Å². The van der Waals surface area contributed by atoms with Gasteiger partial charge in [-0.25, -0.2) is 4.39 Å². The summed E-state index contributed by atoms with van der Waals surface area (Å²) in [6.45, 7) is 4.02. The Kier molecular flexibility index (Phi) is 4.51. The summed E-state index contributed by atoms with van der Waals surface area (Å²) in [5.74, 6) is -0.672. The van der Waals surface area contributed by atoms with Gasteiger partial charge in [0.1, 0.15) is 5.82 Å². The molecule has 1 N–H and O–H groups in total. The summed E-state index contributed by atoms with van der Waals surface area (Å²) >= 11 is 0. The lowest BCUT2D eigenvalue weighted by molar-refractivity contribution is 0.0939. The fourth-order valence-electron chi connectivity index (χ4n) is 2.04. The van der Waals surface area contributed by atoms with E-state index < -0.39 is 5.82 Å². The summed E-state index contributed by atoms with van der Waals surface area (Å²) < 4.78 is 13.1. The number of rotatable bonds is 4. The van der Waals surface area contributed by atoms with Gasteiger partial charge in [-0.1, -0.05) is 37.3 Å². The summed E-state index contributed by atoms with van der Waals surface area (Å²) in [5, 5.41) is 2.87. The number of hydrogen-bond acceptors (Lipinski definition) is 1. The maximum absolute atomic E-state index is 13.1. The van der Waals surface area contributed by atoms with Crippen LogP contribution >= 0.6 is 0 Å². The topological polar surface area (TPSA) is 29.1 Å². The second-order valence-electron chi connectivity index (χ2n) is 4.80. The van der Waals surface area contributed by atoms with Gasteiger partial charge in [0, 0.05) is 5.56 Å². The van der Waals surface area contributed by atoms with E-state index in [9.17, 15) is 9.18 Å². The molecule has 0 aliphatic rings. The van der Waals surface area contributed by atoms with Crippen molar-refractivity contribution in [2.24, 2.45) is 0 Å². The molecule has 0 radical (unpaired) electrons. The van der Waals surface area contributed by atoms with Crippen LogP contribution in [-0.4, -0.2) is 5.91 Å². The van der Waals surface area contributed by atoms with Gasteiger partial charge in [0.05, 0.1) is 6.04 Å². The maximum atomic E-state index is 13.1. The van der Waals surface area contributed by atoms with Crippen LogP contribution in [0.1, 0.15) is 41.4 Å². The van der Waals surface area contributed by atoms with Crippen molar-refractivity contribution in [3.63, 3.8) is 0 Å². The molecule has 0 aliphatic heterocycles. The fourth-order valence-corrected chi connectivity index (χ4v) is 2.04. The van der Waals surface area contributed by atoms with Gasteiger partial charge in [-0.05, 0) is 42.7 Å². The predicted molar refractivity (Wildman–Crippen MR) is 78.1 cm³/mol. The maximum Gasteiger partial charge on any atom is 0.251 e. The number of hydrogen-bond donors (Lipinski definition) is 1. The molecule has 0 saturated carbocycles. The van der Waals surface area contributed by atoms with Crippen molar-refractivity contribution < 1.29 is 9.18 Å². The Hall–Kier alpha value is -2.16. The Morgan fingerprint density at radius 3 is 2.50 bits per heavy atom. The number of carbonyl (C=O) groups excluding carboxylic acids is 1. The molecule has 3 heteroatoms. The highest BCUT2D eigenvalue weighted by molar-refractivity contribution is 5.94. The summed E-state index contributed by atoms with van der Waals surface area (Å²) in [6, 6.07) is 13.7. The number of aryl methyl sites for hydroxylation is 1. The third kappa shape index (κ3) is 3.44. The Labute approximate surface area is 118 Å². The molecule has 0 aromatic heterocycles. The average molecular weight is 271 g/mol. The third-order valence-corrected chi connectivity index (χ3v) is 3.32. The van der Waals surface area contributed by atoms with Gasteiger partial charge in [-0.15, -0.1) is 0 Å². The monoisotopic (exact) mass is 271 g/mol. The van der Waals surface area contributed by atoms with Gasteiger partial charge in [-0.2, -0.15) is 0 Å². The van der Waals surface area contributed by atoms with E-state index in [1.54, 1.807) is 6.07 Å². The highest BCUT2D eigenvalue weighted by Gasteiger charge is 2.11. The molecule has 20 heavy (non-hydrogen) atoms. The largest absolute Gasteiger partial charge is 0.346 e. The lowest BCUT2D eigenvalue weighted by Crippen LogP contribution is -2.26. The van der Waals surface area contributed by atoms with E-state index >= 15 is 0 Å². The lowest BCUT2D eigenvalue weighted by Gasteiger charge is -2.15. The molecule has 1 amide bonds. The zero-order valence-corrected chi connectivity index (χ0v) is 11.7. The summed E-state index contributed by atoms with van der Waals surface area (Å²) in [6.07, 6.45) is 0.990. The number of benzene rings is 2. The third-order valence-electron chi connectivity index (χ3n) is 3.32. The van der Waals surface area contributed by atoms with Crippen LogP contribution in [0.5, 0.6) is 0 Å². The molecule has 104 valence electrons. The van der Waals surface area contributed by atoms with E-state index in [0.29, 0.717) is 5.56 Å². The summed E-state index contributed by atoms with van der Waals surface area (Å²) in [7, 11) is 0. The molecule has 0 spiro atoms. The molecule has 2 rings (SSSR count). The Balaban J connectivity index is 2.06. The van der Waals surface area contributed by atoms with E-state index in [2.05, 4.69) is 24.4 Å². The number of carbonyl (C=O) groups is 1. The summed E-state index contributed by atoms with van der Waals surface area (Å²) in [5.41, 5.74) is 2.63. The highest BCUT2D eigenvalue weighted by Crippen LogP contribution is 2.15. The van der Waals surface area contributed by atoms with E-state index in [1.807, 2.05) is 19.1 Å². The quantitative estimate of drug-likeness (QED) is 0.898. The van der Waals surface area contributed by atoms with Crippen molar-refractivity contribution in [1.82, 2.24) is 5.32 Å². The molecule has 2 aromatic rings. The molecular weight excluding hydrogens is 253 g/mol. The zero-order chi connectivity index (χ0) is 14.5. The molecule has 1 atom stereocenters. The van der Waals surface area contributed by atoms with Gasteiger partial charge in [0.15, 0.2) is 0 Å². The van der Waals surface area contributed by atoms with Crippen LogP contribution in [0.4, 0.5) is 4.39 Å². The van der Waals surface area contributed by atoms with Gasteiger partial charge < -0.3 is 5.32 Å². The van der Waals surface area contributed by atoms with Gasteiger partial charge >= 0.3 is 0 Å². The first-order valence-electron chi connectivity index (χ1n) is 6.75. The second kappa shape index (κ2) is 6.33. The van der Waals surface area contributed by atoms with Gasteiger partial charge in [0.2, 0.25) is 0 Å². The molecule has 0 saturated heterocycles. The predicted octanol–water partition coefficient (Wildman–Crippen LogP) is 3.88. The number of amides is 1. The molecule has 0 heterocycles. The highest BCUT2D eigenvalue weighted by atomic mass is 19.1. The minimum Gasteiger partial charge on any atom is -0.346 e. The smallest absolute Gasteiger partial charge is 0.251 e. The fraction of sp³-hybridized carbons (Fsp3) is 0.235. The van der Waals surface area contributed by atoms with Gasteiger partial charge in [-0.3, -0.25) is 4.79 Å². The van der Waals surface area contributed by atoms with Crippen molar-refractivity contribution in [2.75, 3.05) is 0 Å². The van der Waals surface area contributed by atoms with E-state index in [1.165, 1.54) is 23.8 Å². The first kappa shape index (κ1) is 14.3. The standard InChI is InChI=1S/C17H18FNO/c1-3-13-7-9-14(10-8-13)12(2)19-17(20)15-5-4-6-16(18)11-15/h4-12H,3H2,1-2H3,(H,19,20)/t12-/m0/s1. The Morgan fingerprint density at radius 1 is 1.20 bits per heavy atom. The molecule has 0 bridgehead atoms. The van der Waals surface area contributed by atoms with E-state index in [4.69, 9.17) is 0 Å². The minimum absolute atomic E-state index is 0.114. The van der Waals surface area contributed by atoms with Crippen LogP contribution in [0.3, 0.4) is 0 Å². The van der Waals surface area contributed by atoms with Crippen molar-refractivity contribution in [3.05, 3.63) is 71.0 Å². The van der Waals surface area contributed by atoms with Crippen LogP contribution < -0.4 is 5.32 Å². The first-order chi connectivity index (χ1) is 9.60. The van der Waals surface area contributed by atoms with Crippen molar-refractivity contribution in [1.29, 1.82) is 0 Å². The normalized spacial score (nSPS) is 11.9. The van der Waals surface area contributed by atoms with Crippen LogP contribution in [0, 0.1) is 5.82 Å². The zero-order valence-electron chi connectivity index (χ0n) is 11.7. The molecule has 0 aliphatic carbocycles. The SMILES string of the molecule is CCc1ccc([C@H](C)NC(=O)c2cccc(F)c2)cc1. The van der Waals surface area contributed by atoms with Crippen molar-refractivity contribution in [3.8, 4) is 0 Å². The van der Waals surface area contributed by atoms with Gasteiger partial charge in [0.25, 0.3) is 5.91 Å². The lowest BCUT2D eigenvalue weighted by atomic mass is 10.0. The van der Waals surface area contributed by atoms with E-state index in [-0.39, 0.29) is 11.9 Å². The average Bonchev–Trinajstić information content (AvgIpc) is 2.47. The van der Waals surface area contributed by atoms with Crippen molar-refractivity contribution in [2.45, 2.75) is 26.3 Å². The van der Waals surface area contributed by atoms with Crippen LogP contribution in [0.25, 0.3) is 0 Å². The first-order valence-corrected chi connectivity index (χ1v) is 6.75. The molecule has 0 unspecified atom stereocenters. The van der Waals surface area contributed by atoms with Crippen LogP contribution in [0.15, 0.2) is 48.5 Å². The van der Waals surface area contributed by atoms with Crippen LogP contribution in [0.2, 0.25) is 0 Å². The number of nitrogens with one attached hydrogen (secondary N) is 1. The van der Waals surface area contributed by atoms with Crippen molar-refractivity contribution >= 4 is 5.91 Å². The van der Waals surface area contributed by atoms with E-state index in [0.717, 1.165) is 12.0 Å². The number of halogens is 1. The molecule has 2 nitrogen and oxygen atoms in total. The Morgan fingerprint density at radius 2 is 1.90 bits per heavy atom. The molecular formula is C17H18FNO. The minimum atomic E-state index is -0.405.